The third kappa shape index (κ3) is 2.43. The fraction of sp³-hybridized carbons (Fsp3) is 0.222. The molecule has 0 atom stereocenters. The molecule has 0 spiro atoms. The third-order valence-electron chi connectivity index (χ3n) is 1.72. The molecule has 0 aliphatic heterocycles. The van der Waals surface area contributed by atoms with E-state index in [1.54, 1.807) is 0 Å². The Balaban J connectivity index is 3.27. The van der Waals surface area contributed by atoms with Crippen LogP contribution in [0.4, 0.5) is 22.0 Å². The standard InChI is InChI=1S/C9H4F5N/c10-7-3-5(9(12,13)14)4-8(11)6(7)1-2-15/h3-4H,1H2. The lowest BCUT2D eigenvalue weighted by molar-refractivity contribution is -0.138. The molecule has 0 saturated carbocycles. The van der Waals surface area contributed by atoms with E-state index in [1.807, 2.05) is 0 Å². The smallest absolute Gasteiger partial charge is 0.207 e. The topological polar surface area (TPSA) is 23.8 Å². The van der Waals surface area contributed by atoms with Gasteiger partial charge in [0.05, 0.1) is 18.1 Å². The summed E-state index contributed by atoms with van der Waals surface area (Å²) in [7, 11) is 0. The van der Waals surface area contributed by atoms with Crippen LogP contribution >= 0.6 is 0 Å². The lowest BCUT2D eigenvalue weighted by atomic mass is 10.1. The van der Waals surface area contributed by atoms with Crippen LogP contribution < -0.4 is 0 Å². The Morgan fingerprint density at radius 1 is 1.13 bits per heavy atom. The maximum Gasteiger partial charge on any atom is 0.416 e. The number of halogens is 5. The summed E-state index contributed by atoms with van der Waals surface area (Å²) in [6.07, 6.45) is -5.40. The van der Waals surface area contributed by atoms with Crippen LogP contribution in [0, 0.1) is 23.0 Å². The molecule has 0 saturated heterocycles. The van der Waals surface area contributed by atoms with Crippen molar-refractivity contribution in [3.8, 4) is 6.07 Å². The van der Waals surface area contributed by atoms with E-state index in [4.69, 9.17) is 5.26 Å². The normalized spacial score (nSPS) is 11.2. The Bertz CT molecular complexity index is 392. The lowest BCUT2D eigenvalue weighted by Crippen LogP contribution is -2.08. The second-order valence-corrected chi connectivity index (χ2v) is 2.75. The van der Waals surface area contributed by atoms with E-state index in [-0.39, 0.29) is 12.1 Å². The van der Waals surface area contributed by atoms with Gasteiger partial charge >= 0.3 is 6.18 Å². The summed E-state index contributed by atoms with van der Waals surface area (Å²) < 4.78 is 62.1. The first-order valence-corrected chi connectivity index (χ1v) is 3.78. The van der Waals surface area contributed by atoms with Crippen LogP contribution in [0.5, 0.6) is 0 Å². The molecule has 80 valence electrons. The van der Waals surface area contributed by atoms with E-state index < -0.39 is 35.4 Å². The third-order valence-corrected chi connectivity index (χ3v) is 1.72. The van der Waals surface area contributed by atoms with Gasteiger partial charge in [-0.05, 0) is 12.1 Å². The number of nitriles is 1. The van der Waals surface area contributed by atoms with Gasteiger partial charge in [0.15, 0.2) is 0 Å². The highest BCUT2D eigenvalue weighted by Gasteiger charge is 2.32. The van der Waals surface area contributed by atoms with Crippen molar-refractivity contribution in [2.45, 2.75) is 12.6 Å². The molecule has 0 fully saturated rings. The molecule has 0 aromatic heterocycles. The first-order valence-electron chi connectivity index (χ1n) is 3.78. The van der Waals surface area contributed by atoms with Crippen molar-refractivity contribution in [2.75, 3.05) is 0 Å². The molecule has 0 heterocycles. The Kier molecular flexibility index (Phi) is 2.93. The highest BCUT2D eigenvalue weighted by atomic mass is 19.4. The summed E-state index contributed by atoms with van der Waals surface area (Å²) in [6.45, 7) is 0. The van der Waals surface area contributed by atoms with Crippen LogP contribution in [0.15, 0.2) is 12.1 Å². The van der Waals surface area contributed by atoms with Gasteiger partial charge in [0.2, 0.25) is 0 Å². The van der Waals surface area contributed by atoms with Gasteiger partial charge in [-0.3, -0.25) is 0 Å². The Labute approximate surface area is 81.7 Å². The SMILES string of the molecule is N#CCc1c(F)cc(C(F)(F)F)cc1F. The van der Waals surface area contributed by atoms with E-state index in [0.29, 0.717) is 0 Å². The first-order chi connectivity index (χ1) is 6.86. The molecule has 0 N–H and O–H groups in total. The molecule has 1 aromatic rings. The zero-order valence-corrected chi connectivity index (χ0v) is 7.20. The largest absolute Gasteiger partial charge is 0.416 e. The van der Waals surface area contributed by atoms with Crippen LogP contribution in [0.1, 0.15) is 11.1 Å². The van der Waals surface area contributed by atoms with Gasteiger partial charge in [0.25, 0.3) is 0 Å². The van der Waals surface area contributed by atoms with E-state index in [1.165, 1.54) is 6.07 Å². The second kappa shape index (κ2) is 3.85. The minimum atomic E-state index is -4.80. The van der Waals surface area contributed by atoms with E-state index in [9.17, 15) is 22.0 Å². The molecule has 1 aromatic carbocycles. The number of nitrogens with zero attached hydrogens (tertiary/aromatic N) is 1. The van der Waals surface area contributed by atoms with Crippen LogP contribution in [-0.4, -0.2) is 0 Å². The molecule has 1 rings (SSSR count). The average molecular weight is 221 g/mol. The van der Waals surface area contributed by atoms with Crippen molar-refractivity contribution in [3.05, 3.63) is 34.9 Å². The highest BCUT2D eigenvalue weighted by molar-refractivity contribution is 5.29. The maximum absolute atomic E-state index is 12.9. The minimum absolute atomic E-state index is 0.176. The minimum Gasteiger partial charge on any atom is -0.207 e. The van der Waals surface area contributed by atoms with Crippen molar-refractivity contribution in [1.82, 2.24) is 0 Å². The summed E-state index contributed by atoms with van der Waals surface area (Å²) in [4.78, 5) is 0. The second-order valence-electron chi connectivity index (χ2n) is 2.75. The highest BCUT2D eigenvalue weighted by Crippen LogP contribution is 2.31. The molecule has 0 aliphatic carbocycles. The van der Waals surface area contributed by atoms with Crippen LogP contribution in [0.3, 0.4) is 0 Å². The summed E-state index contributed by atoms with van der Waals surface area (Å²) in [5.41, 5.74) is -2.05. The van der Waals surface area contributed by atoms with Gasteiger partial charge in [-0.15, -0.1) is 0 Å². The number of rotatable bonds is 1. The number of alkyl halides is 3. The molecule has 0 bridgehead atoms. The van der Waals surface area contributed by atoms with Crippen molar-refractivity contribution in [3.63, 3.8) is 0 Å². The molecular formula is C9H4F5N. The van der Waals surface area contributed by atoms with Crippen molar-refractivity contribution >= 4 is 0 Å². The predicted octanol–water partition coefficient (Wildman–Crippen LogP) is 3.05. The fourth-order valence-electron chi connectivity index (χ4n) is 1.01. The summed E-state index contributed by atoms with van der Waals surface area (Å²) in [6, 6.07) is 1.82. The van der Waals surface area contributed by atoms with Gasteiger partial charge in [-0.1, -0.05) is 0 Å². The van der Waals surface area contributed by atoms with Gasteiger partial charge in [0.1, 0.15) is 11.6 Å². The van der Waals surface area contributed by atoms with E-state index >= 15 is 0 Å². The lowest BCUT2D eigenvalue weighted by Gasteiger charge is -2.08. The van der Waals surface area contributed by atoms with Gasteiger partial charge < -0.3 is 0 Å². The zero-order valence-electron chi connectivity index (χ0n) is 7.20. The number of hydrogen-bond acceptors (Lipinski definition) is 1. The van der Waals surface area contributed by atoms with Crippen LogP contribution in [0.2, 0.25) is 0 Å². The Hall–Kier alpha value is -1.64. The predicted molar refractivity (Wildman–Crippen MR) is 40.7 cm³/mol. The zero-order chi connectivity index (χ0) is 11.6. The summed E-state index contributed by atoms with van der Waals surface area (Å²) in [5, 5.41) is 8.19. The molecule has 1 nitrogen and oxygen atoms in total. The van der Waals surface area contributed by atoms with E-state index in [2.05, 4.69) is 0 Å². The van der Waals surface area contributed by atoms with Gasteiger partial charge in [-0.2, -0.15) is 18.4 Å². The van der Waals surface area contributed by atoms with E-state index in [0.717, 1.165) is 0 Å². The van der Waals surface area contributed by atoms with Crippen molar-refractivity contribution in [2.24, 2.45) is 0 Å². The Morgan fingerprint density at radius 3 is 1.93 bits per heavy atom. The monoisotopic (exact) mass is 221 g/mol. The van der Waals surface area contributed by atoms with Crippen molar-refractivity contribution in [1.29, 1.82) is 5.26 Å². The molecule has 0 radical (unpaired) electrons. The summed E-state index contributed by atoms with van der Waals surface area (Å²) >= 11 is 0. The van der Waals surface area contributed by atoms with Crippen molar-refractivity contribution < 1.29 is 22.0 Å². The van der Waals surface area contributed by atoms with Crippen LogP contribution in [-0.2, 0) is 12.6 Å². The van der Waals surface area contributed by atoms with Gasteiger partial charge in [-0.25, -0.2) is 8.78 Å². The summed E-state index contributed by atoms with van der Waals surface area (Å²) in [5.74, 6) is -2.72. The Morgan fingerprint density at radius 2 is 1.60 bits per heavy atom. The maximum atomic E-state index is 12.9. The molecule has 15 heavy (non-hydrogen) atoms. The molecule has 0 amide bonds. The molecule has 0 unspecified atom stereocenters. The fourth-order valence-corrected chi connectivity index (χ4v) is 1.01. The molecule has 0 aliphatic rings. The number of benzene rings is 1. The first kappa shape index (κ1) is 11.4. The number of hydrogen-bond donors (Lipinski definition) is 0. The molecule has 6 heteroatoms. The quantitative estimate of drug-likeness (QED) is 0.668. The average Bonchev–Trinajstić information content (AvgIpc) is 2.09. The molecular weight excluding hydrogens is 217 g/mol. The van der Waals surface area contributed by atoms with Crippen LogP contribution in [0.25, 0.3) is 0 Å². The van der Waals surface area contributed by atoms with Gasteiger partial charge in [0, 0.05) is 5.56 Å².